The molecule has 1 aromatic carbocycles. The number of halogens is 4. The molecule has 32 heavy (non-hydrogen) atoms. The van der Waals surface area contributed by atoms with Crippen LogP contribution in [0.3, 0.4) is 0 Å². The van der Waals surface area contributed by atoms with Gasteiger partial charge in [0.1, 0.15) is 5.82 Å². The molecule has 2 N–H and O–H groups in total. The van der Waals surface area contributed by atoms with Gasteiger partial charge in [0, 0.05) is 36.5 Å². The number of rotatable bonds is 5. The molecule has 0 bridgehead atoms. The zero-order valence-electron chi connectivity index (χ0n) is 16.9. The summed E-state index contributed by atoms with van der Waals surface area (Å²) in [4.78, 5) is 30.1. The number of benzene rings is 1. The van der Waals surface area contributed by atoms with Crippen molar-refractivity contribution in [3.05, 3.63) is 52.7 Å². The van der Waals surface area contributed by atoms with Gasteiger partial charge in [-0.25, -0.2) is 4.98 Å². The van der Waals surface area contributed by atoms with Crippen LogP contribution in [0.2, 0.25) is 5.02 Å². The summed E-state index contributed by atoms with van der Waals surface area (Å²) in [6, 6.07) is 7.64. The quantitative estimate of drug-likeness (QED) is 0.662. The zero-order valence-corrected chi connectivity index (χ0v) is 17.6. The first-order valence-electron chi connectivity index (χ1n) is 9.79. The standard InChI is InChI=1S/C22H20ClF3N4O2/c1-2-14-4-3-5-17(10-14)29-19(31)13-28-21(32)15-6-8-30(9-7-15)20-18(23)11-16(12-27-20)22(24,25)26/h1,3-5,10-12,15H,6-9,13H2,(H,28,32)(H,29,31). The summed E-state index contributed by atoms with van der Waals surface area (Å²) in [7, 11) is 0. The third-order valence-corrected chi connectivity index (χ3v) is 5.33. The van der Waals surface area contributed by atoms with Gasteiger partial charge in [0.25, 0.3) is 0 Å². The molecule has 168 valence electrons. The van der Waals surface area contributed by atoms with E-state index in [0.717, 1.165) is 12.3 Å². The molecular formula is C22H20ClF3N4O2. The van der Waals surface area contributed by atoms with Crippen molar-refractivity contribution < 1.29 is 22.8 Å². The Hall–Kier alpha value is -3.25. The molecule has 0 spiro atoms. The number of alkyl halides is 3. The van der Waals surface area contributed by atoms with Crippen molar-refractivity contribution in [2.45, 2.75) is 19.0 Å². The predicted octanol–water partition coefficient (Wildman–Crippen LogP) is 3.71. The van der Waals surface area contributed by atoms with Crippen LogP contribution in [0.4, 0.5) is 24.7 Å². The fourth-order valence-electron chi connectivity index (χ4n) is 3.38. The van der Waals surface area contributed by atoms with E-state index < -0.39 is 11.7 Å². The van der Waals surface area contributed by atoms with Gasteiger partial charge in [0.05, 0.1) is 17.1 Å². The van der Waals surface area contributed by atoms with Crippen LogP contribution in [0.5, 0.6) is 0 Å². The highest BCUT2D eigenvalue weighted by molar-refractivity contribution is 6.33. The molecule has 0 saturated carbocycles. The number of aromatic nitrogens is 1. The first kappa shape index (κ1) is 23.4. The SMILES string of the molecule is C#Cc1cccc(NC(=O)CNC(=O)C2CCN(c3ncc(C(F)(F)F)cc3Cl)CC2)c1. The van der Waals surface area contributed by atoms with Crippen LogP contribution >= 0.6 is 11.6 Å². The van der Waals surface area contributed by atoms with E-state index in [2.05, 4.69) is 21.5 Å². The third-order valence-electron chi connectivity index (χ3n) is 5.05. The molecular weight excluding hydrogens is 445 g/mol. The van der Waals surface area contributed by atoms with E-state index in [0.29, 0.717) is 37.2 Å². The van der Waals surface area contributed by atoms with Crippen LogP contribution in [0.25, 0.3) is 0 Å². The van der Waals surface area contributed by atoms with Crippen molar-refractivity contribution in [2.24, 2.45) is 5.92 Å². The average molecular weight is 465 g/mol. The van der Waals surface area contributed by atoms with E-state index in [-0.39, 0.29) is 35.1 Å². The second-order valence-electron chi connectivity index (χ2n) is 7.28. The van der Waals surface area contributed by atoms with Gasteiger partial charge < -0.3 is 15.5 Å². The van der Waals surface area contributed by atoms with Crippen LogP contribution in [-0.4, -0.2) is 36.4 Å². The molecule has 2 aromatic rings. The highest BCUT2D eigenvalue weighted by atomic mass is 35.5. The number of carbonyl (C=O) groups excluding carboxylic acids is 2. The first-order valence-corrected chi connectivity index (χ1v) is 10.2. The maximum atomic E-state index is 12.8. The van der Waals surface area contributed by atoms with Crippen molar-refractivity contribution in [3.8, 4) is 12.3 Å². The molecule has 3 rings (SSSR count). The molecule has 0 aliphatic carbocycles. The molecule has 2 heterocycles. The van der Waals surface area contributed by atoms with Crippen molar-refractivity contribution in [2.75, 3.05) is 29.9 Å². The highest BCUT2D eigenvalue weighted by Gasteiger charge is 2.33. The van der Waals surface area contributed by atoms with Gasteiger partial charge in [-0.2, -0.15) is 13.2 Å². The number of anilines is 2. The molecule has 1 aliphatic rings. The maximum Gasteiger partial charge on any atom is 0.417 e. The van der Waals surface area contributed by atoms with Gasteiger partial charge in [0.2, 0.25) is 11.8 Å². The van der Waals surface area contributed by atoms with E-state index in [1.165, 1.54) is 0 Å². The molecule has 1 fully saturated rings. The summed E-state index contributed by atoms with van der Waals surface area (Å²) >= 11 is 6.00. The molecule has 10 heteroatoms. The van der Waals surface area contributed by atoms with Crippen molar-refractivity contribution >= 4 is 34.9 Å². The summed E-state index contributed by atoms with van der Waals surface area (Å²) in [5.74, 6) is 1.76. The Morgan fingerprint density at radius 2 is 1.97 bits per heavy atom. The Morgan fingerprint density at radius 3 is 2.59 bits per heavy atom. The minimum absolute atomic E-state index is 0.0895. The van der Waals surface area contributed by atoms with Crippen LogP contribution in [0, 0.1) is 18.3 Å². The number of nitrogens with one attached hydrogen (secondary N) is 2. The lowest BCUT2D eigenvalue weighted by Gasteiger charge is -2.32. The van der Waals surface area contributed by atoms with Gasteiger partial charge in [0.15, 0.2) is 0 Å². The predicted molar refractivity (Wildman–Crippen MR) is 115 cm³/mol. The third kappa shape index (κ3) is 5.92. The molecule has 1 aromatic heterocycles. The summed E-state index contributed by atoms with van der Waals surface area (Å²) in [6.45, 7) is 0.619. The van der Waals surface area contributed by atoms with Gasteiger partial charge in [-0.15, -0.1) is 6.42 Å². The minimum atomic E-state index is -4.52. The summed E-state index contributed by atoms with van der Waals surface area (Å²) < 4.78 is 38.3. The van der Waals surface area contributed by atoms with E-state index >= 15 is 0 Å². The Bertz CT molecular complexity index is 1040. The summed E-state index contributed by atoms with van der Waals surface area (Å²) in [5.41, 5.74) is 0.250. The summed E-state index contributed by atoms with van der Waals surface area (Å²) in [5, 5.41) is 5.19. The lowest BCUT2D eigenvalue weighted by atomic mass is 9.96. The molecule has 0 atom stereocenters. The number of amides is 2. The number of pyridine rings is 1. The smallest absolute Gasteiger partial charge is 0.355 e. The normalized spacial score (nSPS) is 14.5. The van der Waals surface area contributed by atoms with E-state index in [4.69, 9.17) is 18.0 Å². The van der Waals surface area contributed by atoms with Gasteiger partial charge in [-0.05, 0) is 37.1 Å². The minimum Gasteiger partial charge on any atom is -0.355 e. The topological polar surface area (TPSA) is 74.3 Å². The zero-order chi connectivity index (χ0) is 23.3. The van der Waals surface area contributed by atoms with Crippen molar-refractivity contribution in [1.29, 1.82) is 0 Å². The second kappa shape index (κ2) is 9.92. The van der Waals surface area contributed by atoms with Crippen molar-refractivity contribution in [3.63, 3.8) is 0 Å². The van der Waals surface area contributed by atoms with Gasteiger partial charge in [-0.3, -0.25) is 9.59 Å². The average Bonchev–Trinajstić information content (AvgIpc) is 2.77. The van der Waals surface area contributed by atoms with Crippen LogP contribution in [-0.2, 0) is 15.8 Å². The number of hydrogen-bond acceptors (Lipinski definition) is 4. The monoisotopic (exact) mass is 464 g/mol. The van der Waals surface area contributed by atoms with Crippen LogP contribution in [0.1, 0.15) is 24.0 Å². The fourth-order valence-corrected chi connectivity index (χ4v) is 3.66. The van der Waals surface area contributed by atoms with Crippen LogP contribution < -0.4 is 15.5 Å². The lowest BCUT2D eigenvalue weighted by Crippen LogP contribution is -2.42. The Labute approximate surface area is 188 Å². The summed E-state index contributed by atoms with van der Waals surface area (Å²) in [6.07, 6.45) is 2.47. The highest BCUT2D eigenvalue weighted by Crippen LogP contribution is 2.34. The number of piperidine rings is 1. The lowest BCUT2D eigenvalue weighted by molar-refractivity contribution is -0.137. The number of carbonyl (C=O) groups is 2. The number of hydrogen-bond donors (Lipinski definition) is 2. The van der Waals surface area contributed by atoms with Crippen molar-refractivity contribution in [1.82, 2.24) is 10.3 Å². The molecule has 0 radical (unpaired) electrons. The van der Waals surface area contributed by atoms with E-state index in [1.807, 2.05) is 0 Å². The fraction of sp³-hybridized carbons (Fsp3) is 0.318. The van der Waals surface area contributed by atoms with E-state index in [9.17, 15) is 22.8 Å². The molecule has 1 saturated heterocycles. The van der Waals surface area contributed by atoms with Gasteiger partial charge >= 0.3 is 6.18 Å². The Kier molecular flexibility index (Phi) is 7.26. The second-order valence-corrected chi connectivity index (χ2v) is 7.69. The number of nitrogens with zero attached hydrogens (tertiary/aromatic N) is 2. The molecule has 2 amide bonds. The first-order chi connectivity index (χ1) is 15.2. The van der Waals surface area contributed by atoms with Gasteiger partial charge in [-0.1, -0.05) is 23.6 Å². The van der Waals surface area contributed by atoms with Crippen LogP contribution in [0.15, 0.2) is 36.5 Å². The molecule has 6 nitrogen and oxygen atoms in total. The Morgan fingerprint density at radius 1 is 1.25 bits per heavy atom. The van der Waals surface area contributed by atoms with E-state index in [1.54, 1.807) is 29.2 Å². The molecule has 1 aliphatic heterocycles. The molecule has 0 unspecified atom stereocenters. The maximum absolute atomic E-state index is 12.8. The Balaban J connectivity index is 1.48. The number of terminal acetylenes is 1. The largest absolute Gasteiger partial charge is 0.417 e.